The van der Waals surface area contributed by atoms with Crippen molar-refractivity contribution in [3.8, 4) is 0 Å². The Morgan fingerprint density at radius 1 is 1.15 bits per heavy atom. The maximum absolute atomic E-state index is 6.01. The zero-order valence-corrected chi connectivity index (χ0v) is 8.70. The maximum atomic E-state index is 6.01. The molecule has 3 heteroatoms. The number of nitrogens with one attached hydrogen (secondary N) is 1. The van der Waals surface area contributed by atoms with Gasteiger partial charge in [-0.05, 0) is 31.4 Å². The fourth-order valence-corrected chi connectivity index (χ4v) is 1.90. The van der Waals surface area contributed by atoms with Gasteiger partial charge in [-0.25, -0.2) is 0 Å². The lowest BCUT2D eigenvalue weighted by Gasteiger charge is -2.28. The van der Waals surface area contributed by atoms with Crippen LogP contribution in [0.5, 0.6) is 0 Å². The molecule has 1 aliphatic carbocycles. The fourth-order valence-electron chi connectivity index (χ4n) is 1.39. The van der Waals surface area contributed by atoms with E-state index in [-0.39, 0.29) is 0 Å². The average molecular weight is 216 g/mol. The molecule has 1 aromatic rings. The lowest BCUT2D eigenvalue weighted by molar-refractivity contribution is 0.445. The number of hydrogen-bond donors (Lipinski definition) is 1. The third kappa shape index (κ3) is 1.92. The van der Waals surface area contributed by atoms with Crippen LogP contribution >= 0.6 is 23.2 Å². The first kappa shape index (κ1) is 9.17. The number of hydrogen-bond acceptors (Lipinski definition) is 1. The molecule has 1 saturated carbocycles. The van der Waals surface area contributed by atoms with Crippen molar-refractivity contribution in [2.75, 3.05) is 5.32 Å². The van der Waals surface area contributed by atoms with E-state index >= 15 is 0 Å². The summed E-state index contributed by atoms with van der Waals surface area (Å²) >= 11 is 12.0. The molecule has 0 atom stereocenters. The van der Waals surface area contributed by atoms with Crippen LogP contribution in [0.2, 0.25) is 10.0 Å². The van der Waals surface area contributed by atoms with Crippen molar-refractivity contribution in [2.24, 2.45) is 0 Å². The summed E-state index contributed by atoms with van der Waals surface area (Å²) < 4.78 is 0. The highest BCUT2D eigenvalue weighted by molar-refractivity contribution is 6.39. The molecule has 0 aliphatic heterocycles. The lowest BCUT2D eigenvalue weighted by atomic mass is 9.93. The summed E-state index contributed by atoms with van der Waals surface area (Å²) in [5, 5.41) is 4.77. The van der Waals surface area contributed by atoms with Gasteiger partial charge in [0.25, 0.3) is 0 Å². The second-order valence-electron chi connectivity index (χ2n) is 3.37. The number of para-hydroxylation sites is 1. The van der Waals surface area contributed by atoms with Crippen molar-refractivity contribution < 1.29 is 0 Å². The summed E-state index contributed by atoms with van der Waals surface area (Å²) in [4.78, 5) is 0. The van der Waals surface area contributed by atoms with Gasteiger partial charge >= 0.3 is 0 Å². The predicted octanol–water partition coefficient (Wildman–Crippen LogP) is 3.96. The summed E-state index contributed by atoms with van der Waals surface area (Å²) in [5.41, 5.74) is 0.885. The van der Waals surface area contributed by atoms with E-state index in [1.54, 1.807) is 0 Å². The van der Waals surface area contributed by atoms with Gasteiger partial charge in [0.05, 0.1) is 15.7 Å². The Labute approximate surface area is 88.0 Å². The Hall–Kier alpha value is -0.400. The van der Waals surface area contributed by atoms with E-state index in [0.29, 0.717) is 16.1 Å². The molecule has 0 heterocycles. The van der Waals surface area contributed by atoms with Gasteiger partial charge < -0.3 is 5.32 Å². The molecule has 2 rings (SSSR count). The number of rotatable bonds is 2. The van der Waals surface area contributed by atoms with Crippen LogP contribution < -0.4 is 5.32 Å². The molecule has 0 bridgehead atoms. The molecule has 1 aliphatic rings. The fraction of sp³-hybridized carbons (Fsp3) is 0.400. The van der Waals surface area contributed by atoms with E-state index in [2.05, 4.69) is 5.32 Å². The van der Waals surface area contributed by atoms with Crippen molar-refractivity contribution >= 4 is 28.9 Å². The second-order valence-corrected chi connectivity index (χ2v) is 4.18. The van der Waals surface area contributed by atoms with E-state index in [1.165, 1.54) is 19.3 Å². The molecule has 0 saturated heterocycles. The molecule has 0 aromatic heterocycles. The van der Waals surface area contributed by atoms with Gasteiger partial charge in [0, 0.05) is 6.04 Å². The highest BCUT2D eigenvalue weighted by Crippen LogP contribution is 2.33. The highest BCUT2D eigenvalue weighted by Gasteiger charge is 2.18. The third-order valence-electron chi connectivity index (χ3n) is 2.42. The summed E-state index contributed by atoms with van der Waals surface area (Å²) in [5.74, 6) is 0. The topological polar surface area (TPSA) is 12.0 Å². The SMILES string of the molecule is Clc1cccc(Cl)c1NC1CCC1. The van der Waals surface area contributed by atoms with Gasteiger partial charge in [0.2, 0.25) is 0 Å². The molecule has 1 fully saturated rings. The minimum absolute atomic E-state index is 0.567. The number of halogens is 2. The smallest absolute Gasteiger partial charge is 0.0721 e. The second kappa shape index (κ2) is 3.77. The zero-order chi connectivity index (χ0) is 9.26. The van der Waals surface area contributed by atoms with E-state index in [1.807, 2.05) is 18.2 Å². The molecule has 70 valence electrons. The monoisotopic (exact) mass is 215 g/mol. The third-order valence-corrected chi connectivity index (χ3v) is 3.05. The Morgan fingerprint density at radius 3 is 2.23 bits per heavy atom. The van der Waals surface area contributed by atoms with E-state index in [9.17, 15) is 0 Å². The van der Waals surface area contributed by atoms with Gasteiger partial charge in [-0.1, -0.05) is 29.3 Å². The molecule has 0 spiro atoms. The Bertz CT molecular complexity index is 288. The molecule has 1 N–H and O–H groups in total. The largest absolute Gasteiger partial charge is 0.380 e. The van der Waals surface area contributed by atoms with Crippen molar-refractivity contribution in [3.63, 3.8) is 0 Å². The molecular formula is C10H11Cl2N. The van der Waals surface area contributed by atoms with Gasteiger partial charge in [-0.2, -0.15) is 0 Å². The minimum atomic E-state index is 0.567. The summed E-state index contributed by atoms with van der Waals surface area (Å²) in [6.07, 6.45) is 3.75. The van der Waals surface area contributed by atoms with Gasteiger partial charge in [0.1, 0.15) is 0 Å². The quantitative estimate of drug-likeness (QED) is 0.788. The molecular weight excluding hydrogens is 205 g/mol. The Kier molecular flexibility index (Phi) is 2.66. The minimum Gasteiger partial charge on any atom is -0.380 e. The zero-order valence-electron chi connectivity index (χ0n) is 7.19. The standard InChI is InChI=1S/C10H11Cl2N/c11-8-5-2-6-9(12)10(8)13-7-3-1-4-7/h2,5-7,13H,1,3-4H2. The summed E-state index contributed by atoms with van der Waals surface area (Å²) in [7, 11) is 0. The van der Waals surface area contributed by atoms with Crippen molar-refractivity contribution in [1.82, 2.24) is 0 Å². The van der Waals surface area contributed by atoms with Gasteiger partial charge in [0.15, 0.2) is 0 Å². The van der Waals surface area contributed by atoms with Crippen molar-refractivity contribution in [1.29, 1.82) is 0 Å². The summed E-state index contributed by atoms with van der Waals surface area (Å²) in [6, 6.07) is 6.14. The number of anilines is 1. The van der Waals surface area contributed by atoms with Crippen LogP contribution in [0.25, 0.3) is 0 Å². The van der Waals surface area contributed by atoms with Crippen molar-refractivity contribution in [2.45, 2.75) is 25.3 Å². The van der Waals surface area contributed by atoms with Crippen LogP contribution in [0.4, 0.5) is 5.69 Å². The van der Waals surface area contributed by atoms with Crippen LogP contribution in [0.15, 0.2) is 18.2 Å². The molecule has 13 heavy (non-hydrogen) atoms. The normalized spacial score (nSPS) is 16.8. The molecule has 1 nitrogen and oxygen atoms in total. The maximum Gasteiger partial charge on any atom is 0.0721 e. The molecule has 0 unspecified atom stereocenters. The first-order valence-corrected chi connectivity index (χ1v) is 5.23. The molecule has 0 radical (unpaired) electrons. The van der Waals surface area contributed by atoms with E-state index in [0.717, 1.165) is 5.69 Å². The first-order chi connectivity index (χ1) is 6.27. The average Bonchev–Trinajstić information content (AvgIpc) is 2.00. The van der Waals surface area contributed by atoms with Crippen molar-refractivity contribution in [3.05, 3.63) is 28.2 Å². The van der Waals surface area contributed by atoms with Gasteiger partial charge in [-0.3, -0.25) is 0 Å². The highest BCUT2D eigenvalue weighted by atomic mass is 35.5. The Morgan fingerprint density at radius 2 is 1.77 bits per heavy atom. The van der Waals surface area contributed by atoms with Crippen LogP contribution in [0, 0.1) is 0 Å². The number of benzene rings is 1. The lowest BCUT2D eigenvalue weighted by Crippen LogP contribution is -2.27. The molecule has 0 amide bonds. The molecule has 1 aromatic carbocycles. The first-order valence-electron chi connectivity index (χ1n) is 4.48. The van der Waals surface area contributed by atoms with Crippen LogP contribution in [-0.2, 0) is 0 Å². The summed E-state index contributed by atoms with van der Waals surface area (Å²) in [6.45, 7) is 0. The van der Waals surface area contributed by atoms with Crippen LogP contribution in [0.1, 0.15) is 19.3 Å². The Balaban J connectivity index is 2.17. The van der Waals surface area contributed by atoms with E-state index < -0.39 is 0 Å². The van der Waals surface area contributed by atoms with E-state index in [4.69, 9.17) is 23.2 Å². The van der Waals surface area contributed by atoms with Crippen LogP contribution in [0.3, 0.4) is 0 Å². The van der Waals surface area contributed by atoms with Crippen LogP contribution in [-0.4, -0.2) is 6.04 Å². The predicted molar refractivity (Wildman–Crippen MR) is 57.7 cm³/mol. The van der Waals surface area contributed by atoms with Gasteiger partial charge in [-0.15, -0.1) is 0 Å².